The van der Waals surface area contributed by atoms with Crippen LogP contribution in [-0.2, 0) is 7.05 Å². The molecule has 164 valence electrons. The first-order chi connectivity index (χ1) is 14.8. The zero-order chi connectivity index (χ0) is 22.3. The zero-order valence-corrected chi connectivity index (χ0v) is 18.5. The smallest absolute Gasteiger partial charge is 0.321 e. The van der Waals surface area contributed by atoms with Crippen molar-refractivity contribution in [2.24, 2.45) is 7.05 Å². The fourth-order valence-corrected chi connectivity index (χ4v) is 4.15. The Bertz CT molecular complexity index is 1140. The molecular formula is C21H28N8O2. The van der Waals surface area contributed by atoms with E-state index in [2.05, 4.69) is 32.2 Å². The Morgan fingerprint density at radius 1 is 1.26 bits per heavy atom. The lowest BCUT2D eigenvalue weighted by atomic mass is 10.1. The number of urea groups is 1. The van der Waals surface area contributed by atoms with Crippen LogP contribution in [0.15, 0.2) is 18.2 Å². The van der Waals surface area contributed by atoms with Crippen LogP contribution in [0.1, 0.15) is 18.2 Å². The van der Waals surface area contributed by atoms with Gasteiger partial charge in [-0.3, -0.25) is 4.68 Å². The summed E-state index contributed by atoms with van der Waals surface area (Å²) in [5.74, 6) is 1.77. The van der Waals surface area contributed by atoms with Crippen molar-refractivity contribution < 1.29 is 9.53 Å². The van der Waals surface area contributed by atoms with Gasteiger partial charge in [0.2, 0.25) is 5.95 Å². The molecule has 1 atom stereocenters. The van der Waals surface area contributed by atoms with Crippen molar-refractivity contribution in [3.63, 3.8) is 0 Å². The number of anilines is 3. The number of aryl methyl sites for hydroxylation is 3. The van der Waals surface area contributed by atoms with Gasteiger partial charge in [0.25, 0.3) is 0 Å². The summed E-state index contributed by atoms with van der Waals surface area (Å²) in [7, 11) is 3.51. The highest BCUT2D eigenvalue weighted by molar-refractivity contribution is 5.91. The highest BCUT2D eigenvalue weighted by Gasteiger charge is 2.30. The van der Waals surface area contributed by atoms with Crippen molar-refractivity contribution in [1.29, 1.82) is 0 Å². The fraction of sp³-hybridized carbons (Fsp3) is 0.429. The molecule has 2 amide bonds. The van der Waals surface area contributed by atoms with Crippen LogP contribution < -0.4 is 20.7 Å². The summed E-state index contributed by atoms with van der Waals surface area (Å²) in [5, 5.41) is 7.45. The van der Waals surface area contributed by atoms with Gasteiger partial charge in [-0.1, -0.05) is 0 Å². The number of hydrogen-bond acceptors (Lipinski definition) is 7. The van der Waals surface area contributed by atoms with E-state index < -0.39 is 0 Å². The van der Waals surface area contributed by atoms with E-state index in [1.807, 2.05) is 44.0 Å². The second kappa shape index (κ2) is 7.93. The molecule has 0 unspecified atom stereocenters. The van der Waals surface area contributed by atoms with E-state index in [0.29, 0.717) is 19.6 Å². The fourth-order valence-electron chi connectivity index (χ4n) is 4.15. The van der Waals surface area contributed by atoms with Crippen LogP contribution in [0.3, 0.4) is 0 Å². The van der Waals surface area contributed by atoms with E-state index in [-0.39, 0.29) is 18.0 Å². The number of amides is 2. The summed E-state index contributed by atoms with van der Waals surface area (Å²) < 4.78 is 7.07. The van der Waals surface area contributed by atoms with E-state index in [1.54, 1.807) is 11.8 Å². The molecule has 3 heterocycles. The van der Waals surface area contributed by atoms with Crippen molar-refractivity contribution >= 4 is 34.5 Å². The van der Waals surface area contributed by atoms with Gasteiger partial charge in [-0.25, -0.2) is 9.78 Å². The van der Waals surface area contributed by atoms with Gasteiger partial charge in [0.1, 0.15) is 16.8 Å². The molecule has 1 aliphatic rings. The van der Waals surface area contributed by atoms with Gasteiger partial charge in [0, 0.05) is 38.4 Å². The first kappa shape index (κ1) is 20.7. The standard InChI is InChI=1S/C21H28N8O2/c1-12-10-15(6-7-16(12)31-5)23-21(30)28-8-9-29(13(2)11-28)19-18-17(24-20(22)25-19)14(3)26-27(18)4/h6-7,10,13H,8-9,11H2,1-5H3,(H,23,30)(H2,22,24,25)/t13-/m0/s1. The molecule has 10 heteroatoms. The molecule has 1 saturated heterocycles. The van der Waals surface area contributed by atoms with Gasteiger partial charge in [-0.05, 0) is 44.5 Å². The Balaban J connectivity index is 1.51. The van der Waals surface area contributed by atoms with E-state index in [0.717, 1.165) is 39.5 Å². The van der Waals surface area contributed by atoms with Crippen LogP contribution in [0.4, 0.5) is 22.2 Å². The highest BCUT2D eigenvalue weighted by atomic mass is 16.5. The molecule has 0 aliphatic carbocycles. The topological polar surface area (TPSA) is 114 Å². The van der Waals surface area contributed by atoms with Gasteiger partial charge < -0.3 is 25.6 Å². The molecule has 0 spiro atoms. The van der Waals surface area contributed by atoms with Crippen LogP contribution >= 0.6 is 0 Å². The molecular weight excluding hydrogens is 396 g/mol. The number of ether oxygens (including phenoxy) is 1. The van der Waals surface area contributed by atoms with E-state index >= 15 is 0 Å². The predicted molar refractivity (Wildman–Crippen MR) is 121 cm³/mol. The summed E-state index contributed by atoms with van der Waals surface area (Å²) in [6.45, 7) is 7.68. The van der Waals surface area contributed by atoms with E-state index in [1.165, 1.54) is 0 Å². The molecule has 1 aromatic carbocycles. The number of hydrogen-bond donors (Lipinski definition) is 2. The average Bonchev–Trinajstić information content (AvgIpc) is 3.01. The number of nitrogens with one attached hydrogen (secondary N) is 1. The molecule has 1 fully saturated rings. The number of piperazine rings is 1. The van der Waals surface area contributed by atoms with Gasteiger partial charge in [0.15, 0.2) is 5.82 Å². The number of methoxy groups -OCH3 is 1. The number of nitrogen functional groups attached to an aromatic ring is 1. The molecule has 0 saturated carbocycles. The minimum Gasteiger partial charge on any atom is -0.496 e. The number of nitrogens with zero attached hydrogens (tertiary/aromatic N) is 6. The Morgan fingerprint density at radius 2 is 2.03 bits per heavy atom. The minimum absolute atomic E-state index is 0.0461. The second-order valence-electron chi connectivity index (χ2n) is 7.91. The molecule has 1 aliphatic heterocycles. The van der Waals surface area contributed by atoms with Crippen LogP contribution in [0.25, 0.3) is 11.0 Å². The van der Waals surface area contributed by atoms with Crippen LogP contribution in [0.2, 0.25) is 0 Å². The monoisotopic (exact) mass is 424 g/mol. The number of fused-ring (bicyclic) bond motifs is 1. The lowest BCUT2D eigenvalue weighted by Gasteiger charge is -2.40. The van der Waals surface area contributed by atoms with Crippen LogP contribution in [-0.4, -0.2) is 63.5 Å². The molecule has 3 N–H and O–H groups in total. The summed E-state index contributed by atoms with van der Waals surface area (Å²) in [4.78, 5) is 25.7. The predicted octanol–water partition coefficient (Wildman–Crippen LogP) is 2.31. The van der Waals surface area contributed by atoms with Gasteiger partial charge in [-0.2, -0.15) is 10.1 Å². The first-order valence-electron chi connectivity index (χ1n) is 10.2. The lowest BCUT2D eigenvalue weighted by Crippen LogP contribution is -2.55. The number of nitrogens with two attached hydrogens (primary N) is 1. The Morgan fingerprint density at radius 3 is 2.71 bits per heavy atom. The Hall–Kier alpha value is -3.56. The SMILES string of the molecule is COc1ccc(NC(=O)N2CCN(c3nc(N)nc4c(C)nn(C)c34)[C@@H](C)C2)cc1C. The summed E-state index contributed by atoms with van der Waals surface area (Å²) >= 11 is 0. The lowest BCUT2D eigenvalue weighted by molar-refractivity contribution is 0.200. The maximum absolute atomic E-state index is 12.9. The maximum Gasteiger partial charge on any atom is 0.321 e. The van der Waals surface area contributed by atoms with Crippen molar-refractivity contribution in [1.82, 2.24) is 24.6 Å². The van der Waals surface area contributed by atoms with Crippen molar-refractivity contribution in [3.8, 4) is 5.75 Å². The normalized spacial score (nSPS) is 16.6. The van der Waals surface area contributed by atoms with Crippen LogP contribution in [0.5, 0.6) is 5.75 Å². The van der Waals surface area contributed by atoms with Gasteiger partial charge in [-0.15, -0.1) is 0 Å². The van der Waals surface area contributed by atoms with Gasteiger partial charge in [0.05, 0.1) is 12.8 Å². The Labute approximate surface area is 181 Å². The quantitative estimate of drug-likeness (QED) is 0.663. The average molecular weight is 425 g/mol. The summed E-state index contributed by atoms with van der Waals surface area (Å²) in [6.07, 6.45) is 0. The largest absolute Gasteiger partial charge is 0.496 e. The molecule has 0 bridgehead atoms. The van der Waals surface area contributed by atoms with Crippen molar-refractivity contribution in [2.75, 3.05) is 42.7 Å². The molecule has 2 aromatic heterocycles. The number of rotatable bonds is 3. The molecule has 31 heavy (non-hydrogen) atoms. The number of aromatic nitrogens is 4. The van der Waals surface area contributed by atoms with E-state index in [9.17, 15) is 4.79 Å². The zero-order valence-electron chi connectivity index (χ0n) is 18.5. The molecule has 3 aromatic rings. The molecule has 4 rings (SSSR count). The third kappa shape index (κ3) is 3.80. The highest BCUT2D eigenvalue weighted by Crippen LogP contribution is 2.29. The van der Waals surface area contributed by atoms with Gasteiger partial charge >= 0.3 is 6.03 Å². The summed E-state index contributed by atoms with van der Waals surface area (Å²) in [5.41, 5.74) is 10.1. The molecule has 10 nitrogen and oxygen atoms in total. The first-order valence-corrected chi connectivity index (χ1v) is 10.2. The van der Waals surface area contributed by atoms with Crippen LogP contribution in [0, 0.1) is 13.8 Å². The van der Waals surface area contributed by atoms with Crippen molar-refractivity contribution in [3.05, 3.63) is 29.5 Å². The number of benzene rings is 1. The Kier molecular flexibility index (Phi) is 5.30. The summed E-state index contributed by atoms with van der Waals surface area (Å²) in [6, 6.07) is 5.52. The van der Waals surface area contributed by atoms with E-state index in [4.69, 9.17) is 10.5 Å². The number of carbonyl (C=O) groups is 1. The molecule has 0 radical (unpaired) electrons. The third-order valence-electron chi connectivity index (χ3n) is 5.68. The maximum atomic E-state index is 12.9. The van der Waals surface area contributed by atoms with Crippen molar-refractivity contribution in [2.45, 2.75) is 26.8 Å². The second-order valence-corrected chi connectivity index (χ2v) is 7.91. The minimum atomic E-state index is -0.125. The third-order valence-corrected chi connectivity index (χ3v) is 5.68. The number of carbonyl (C=O) groups excluding carboxylic acids is 1.